The van der Waals surface area contributed by atoms with E-state index >= 15 is 0 Å². The number of nitrogens with zero attached hydrogens (tertiary/aromatic N) is 2. The highest BCUT2D eigenvalue weighted by Gasteiger charge is 2.44. The first-order valence-corrected chi connectivity index (χ1v) is 9.65. The standard InChI is InChI=1S/C18H30N4O5/c1-3-11(2)15(20-14(23)10-19)17(25)21-8-4-6-12(21)16(24)22-9-5-7-13(22)18(26)27/h11-13,15H,3-10,19H2,1-2H3,(H,20,23)(H,26,27). The molecule has 9 nitrogen and oxygen atoms in total. The van der Waals surface area contributed by atoms with Crippen LogP contribution in [-0.4, -0.2) is 76.4 Å². The first-order valence-electron chi connectivity index (χ1n) is 9.65. The summed E-state index contributed by atoms with van der Waals surface area (Å²) in [6.45, 7) is 4.40. The minimum absolute atomic E-state index is 0.108. The van der Waals surface area contributed by atoms with E-state index in [1.165, 1.54) is 9.80 Å². The molecule has 4 unspecified atom stereocenters. The smallest absolute Gasteiger partial charge is 0.326 e. The Hall–Kier alpha value is -2.16. The summed E-state index contributed by atoms with van der Waals surface area (Å²) in [5.41, 5.74) is 5.36. The molecule has 0 aromatic heterocycles. The van der Waals surface area contributed by atoms with E-state index in [2.05, 4.69) is 5.32 Å². The fraction of sp³-hybridized carbons (Fsp3) is 0.778. The molecule has 0 aromatic carbocycles. The Labute approximate surface area is 159 Å². The molecule has 2 heterocycles. The summed E-state index contributed by atoms with van der Waals surface area (Å²) >= 11 is 0. The van der Waals surface area contributed by atoms with Crippen molar-refractivity contribution in [1.82, 2.24) is 15.1 Å². The van der Waals surface area contributed by atoms with Crippen LogP contribution in [0.1, 0.15) is 46.0 Å². The zero-order valence-electron chi connectivity index (χ0n) is 16.0. The largest absolute Gasteiger partial charge is 0.480 e. The van der Waals surface area contributed by atoms with Crippen molar-refractivity contribution in [3.8, 4) is 0 Å². The van der Waals surface area contributed by atoms with Crippen molar-refractivity contribution in [3.63, 3.8) is 0 Å². The van der Waals surface area contributed by atoms with Crippen LogP contribution in [0.25, 0.3) is 0 Å². The number of nitrogens with two attached hydrogens (primary N) is 1. The van der Waals surface area contributed by atoms with Crippen LogP contribution < -0.4 is 11.1 Å². The normalized spacial score (nSPS) is 24.6. The number of hydrogen-bond donors (Lipinski definition) is 3. The molecule has 2 aliphatic rings. The number of likely N-dealkylation sites (tertiary alicyclic amines) is 2. The predicted molar refractivity (Wildman–Crippen MR) is 97.5 cm³/mol. The first-order chi connectivity index (χ1) is 12.8. The van der Waals surface area contributed by atoms with E-state index in [0.29, 0.717) is 45.2 Å². The van der Waals surface area contributed by atoms with Gasteiger partial charge < -0.3 is 26.0 Å². The second-order valence-electron chi connectivity index (χ2n) is 7.35. The average Bonchev–Trinajstić information content (AvgIpc) is 3.33. The van der Waals surface area contributed by atoms with E-state index in [1.807, 2.05) is 13.8 Å². The SMILES string of the molecule is CCC(C)C(NC(=O)CN)C(=O)N1CCCC1C(=O)N1CCCC1C(=O)O. The molecule has 0 saturated carbocycles. The summed E-state index contributed by atoms with van der Waals surface area (Å²) in [6, 6.07) is -2.23. The maximum absolute atomic E-state index is 13.1. The predicted octanol–water partition coefficient (Wildman–Crippen LogP) is -0.457. The van der Waals surface area contributed by atoms with Crippen molar-refractivity contribution in [2.75, 3.05) is 19.6 Å². The third-order valence-electron chi connectivity index (χ3n) is 5.62. The van der Waals surface area contributed by atoms with Gasteiger partial charge in [-0.1, -0.05) is 20.3 Å². The fourth-order valence-electron chi connectivity index (χ4n) is 3.86. The summed E-state index contributed by atoms with van der Waals surface area (Å²) in [7, 11) is 0. The molecule has 2 rings (SSSR count). The summed E-state index contributed by atoms with van der Waals surface area (Å²) in [6.07, 6.45) is 2.94. The summed E-state index contributed by atoms with van der Waals surface area (Å²) in [5, 5.41) is 12.0. The van der Waals surface area contributed by atoms with Gasteiger partial charge in [0, 0.05) is 13.1 Å². The Morgan fingerprint density at radius 2 is 1.70 bits per heavy atom. The number of hydrogen-bond acceptors (Lipinski definition) is 5. The molecule has 4 atom stereocenters. The van der Waals surface area contributed by atoms with E-state index in [9.17, 15) is 24.3 Å². The van der Waals surface area contributed by atoms with Gasteiger partial charge >= 0.3 is 5.97 Å². The van der Waals surface area contributed by atoms with Gasteiger partial charge in [-0.05, 0) is 31.6 Å². The third kappa shape index (κ3) is 4.58. The highest BCUT2D eigenvalue weighted by molar-refractivity contribution is 5.94. The van der Waals surface area contributed by atoms with Gasteiger partial charge in [-0.15, -0.1) is 0 Å². The number of carbonyl (C=O) groups excluding carboxylic acids is 3. The van der Waals surface area contributed by atoms with Crippen LogP contribution in [-0.2, 0) is 19.2 Å². The molecule has 0 radical (unpaired) electrons. The van der Waals surface area contributed by atoms with Gasteiger partial charge in [0.15, 0.2) is 0 Å². The molecule has 2 saturated heterocycles. The topological polar surface area (TPSA) is 133 Å². The summed E-state index contributed by atoms with van der Waals surface area (Å²) < 4.78 is 0. The Morgan fingerprint density at radius 3 is 2.26 bits per heavy atom. The van der Waals surface area contributed by atoms with Crippen LogP contribution in [0, 0.1) is 5.92 Å². The van der Waals surface area contributed by atoms with Crippen molar-refractivity contribution in [2.45, 2.75) is 64.1 Å². The van der Waals surface area contributed by atoms with Crippen molar-refractivity contribution < 1.29 is 24.3 Å². The summed E-state index contributed by atoms with van der Waals surface area (Å²) in [5.74, 6) is -2.14. The Morgan fingerprint density at radius 1 is 1.11 bits per heavy atom. The lowest BCUT2D eigenvalue weighted by atomic mass is 9.97. The number of nitrogens with one attached hydrogen (secondary N) is 1. The second-order valence-corrected chi connectivity index (χ2v) is 7.35. The highest BCUT2D eigenvalue weighted by atomic mass is 16.4. The van der Waals surface area contributed by atoms with Gasteiger partial charge in [0.05, 0.1) is 6.54 Å². The average molecular weight is 382 g/mol. The molecular formula is C18H30N4O5. The molecule has 0 aliphatic carbocycles. The molecule has 4 N–H and O–H groups in total. The lowest BCUT2D eigenvalue weighted by molar-refractivity contribution is -0.152. The molecule has 0 spiro atoms. The first kappa shape index (κ1) is 21.1. The van der Waals surface area contributed by atoms with E-state index < -0.39 is 30.0 Å². The van der Waals surface area contributed by atoms with Crippen LogP contribution in [0.4, 0.5) is 0 Å². The van der Waals surface area contributed by atoms with E-state index in [4.69, 9.17) is 5.73 Å². The minimum Gasteiger partial charge on any atom is -0.480 e. The van der Waals surface area contributed by atoms with Crippen LogP contribution in [0.15, 0.2) is 0 Å². The molecular weight excluding hydrogens is 352 g/mol. The van der Waals surface area contributed by atoms with Gasteiger partial charge in [0.2, 0.25) is 17.7 Å². The second kappa shape index (κ2) is 9.16. The molecule has 9 heteroatoms. The Balaban J connectivity index is 2.17. The van der Waals surface area contributed by atoms with Crippen LogP contribution in [0.5, 0.6) is 0 Å². The van der Waals surface area contributed by atoms with Crippen molar-refractivity contribution in [3.05, 3.63) is 0 Å². The van der Waals surface area contributed by atoms with Crippen molar-refractivity contribution in [1.29, 1.82) is 0 Å². The zero-order chi connectivity index (χ0) is 20.1. The van der Waals surface area contributed by atoms with E-state index in [-0.39, 0.29) is 24.3 Å². The van der Waals surface area contributed by atoms with Crippen LogP contribution >= 0.6 is 0 Å². The summed E-state index contributed by atoms with van der Waals surface area (Å²) in [4.78, 5) is 52.2. The Kier molecular flexibility index (Phi) is 7.18. The zero-order valence-corrected chi connectivity index (χ0v) is 16.0. The quantitative estimate of drug-likeness (QED) is 0.546. The van der Waals surface area contributed by atoms with Gasteiger partial charge in [0.1, 0.15) is 18.1 Å². The maximum atomic E-state index is 13.1. The molecule has 152 valence electrons. The number of amides is 3. The number of rotatable bonds is 7. The van der Waals surface area contributed by atoms with Crippen molar-refractivity contribution in [2.24, 2.45) is 11.7 Å². The van der Waals surface area contributed by atoms with Gasteiger partial charge in [-0.3, -0.25) is 14.4 Å². The van der Waals surface area contributed by atoms with Crippen molar-refractivity contribution >= 4 is 23.7 Å². The van der Waals surface area contributed by atoms with Crippen LogP contribution in [0.3, 0.4) is 0 Å². The van der Waals surface area contributed by atoms with E-state index in [0.717, 1.165) is 0 Å². The lowest BCUT2D eigenvalue weighted by Crippen LogP contribution is -2.57. The highest BCUT2D eigenvalue weighted by Crippen LogP contribution is 2.26. The minimum atomic E-state index is -1.01. The molecule has 2 aliphatic heterocycles. The number of aliphatic carboxylic acids is 1. The van der Waals surface area contributed by atoms with E-state index in [1.54, 1.807) is 0 Å². The molecule has 2 fully saturated rings. The van der Waals surface area contributed by atoms with Gasteiger partial charge in [-0.25, -0.2) is 4.79 Å². The number of carboxylic acids is 1. The lowest BCUT2D eigenvalue weighted by Gasteiger charge is -2.33. The van der Waals surface area contributed by atoms with Gasteiger partial charge in [0.25, 0.3) is 0 Å². The third-order valence-corrected chi connectivity index (χ3v) is 5.62. The maximum Gasteiger partial charge on any atom is 0.326 e. The van der Waals surface area contributed by atoms with Crippen LogP contribution in [0.2, 0.25) is 0 Å². The fourth-order valence-corrected chi connectivity index (χ4v) is 3.86. The number of carboxylic acid groups (broad SMARTS) is 1. The molecule has 0 bridgehead atoms. The number of carbonyl (C=O) groups is 4. The Bertz CT molecular complexity index is 596. The van der Waals surface area contributed by atoms with Gasteiger partial charge in [-0.2, -0.15) is 0 Å². The molecule has 3 amide bonds. The molecule has 0 aromatic rings. The molecule has 27 heavy (non-hydrogen) atoms. The monoisotopic (exact) mass is 382 g/mol.